The van der Waals surface area contributed by atoms with E-state index in [1.54, 1.807) is 11.3 Å². The molecule has 27 heavy (non-hydrogen) atoms. The number of carbonyl (C=O) groups excluding carboxylic acids is 1. The number of nitrogens with one attached hydrogen (secondary N) is 1. The van der Waals surface area contributed by atoms with E-state index in [-0.39, 0.29) is 5.91 Å². The van der Waals surface area contributed by atoms with Gasteiger partial charge >= 0.3 is 0 Å². The van der Waals surface area contributed by atoms with Crippen molar-refractivity contribution in [1.29, 1.82) is 0 Å². The van der Waals surface area contributed by atoms with Gasteiger partial charge in [0.05, 0.1) is 28.2 Å². The fourth-order valence-corrected chi connectivity index (χ4v) is 4.61. The van der Waals surface area contributed by atoms with Crippen molar-refractivity contribution in [2.24, 2.45) is 0 Å². The summed E-state index contributed by atoms with van der Waals surface area (Å²) in [6.45, 7) is 2.54. The minimum absolute atomic E-state index is 0.0616. The average molecular weight is 395 g/mol. The number of para-hydroxylation sites is 1. The van der Waals surface area contributed by atoms with Crippen LogP contribution in [0.2, 0.25) is 0 Å². The molecule has 4 rings (SSSR count). The van der Waals surface area contributed by atoms with Crippen LogP contribution in [0.15, 0.2) is 65.0 Å². The first-order valence-corrected chi connectivity index (χ1v) is 10.3. The van der Waals surface area contributed by atoms with Gasteiger partial charge in [0.2, 0.25) is 5.91 Å². The standard InChI is InChI=1S/C20H18N4OS2/c1-14-11-18(24(23-14)12-15-7-3-2-4-8-15)22-19(25)13-26-20-21-16-9-5-6-10-17(16)27-20/h2-11H,12-13H2,1H3,(H,22,25). The fraction of sp³-hybridized carbons (Fsp3) is 0.150. The highest BCUT2D eigenvalue weighted by Crippen LogP contribution is 2.29. The third-order valence-corrected chi connectivity index (χ3v) is 6.13. The first-order valence-electron chi connectivity index (χ1n) is 8.54. The van der Waals surface area contributed by atoms with Gasteiger partial charge in [0.15, 0.2) is 4.34 Å². The molecule has 0 atom stereocenters. The van der Waals surface area contributed by atoms with E-state index >= 15 is 0 Å². The van der Waals surface area contributed by atoms with Gasteiger partial charge in [-0.25, -0.2) is 9.67 Å². The van der Waals surface area contributed by atoms with Crippen molar-refractivity contribution in [3.05, 3.63) is 71.9 Å². The Balaban J connectivity index is 1.40. The molecule has 0 aliphatic rings. The molecule has 0 saturated carbocycles. The zero-order valence-corrected chi connectivity index (χ0v) is 16.4. The first-order chi connectivity index (χ1) is 13.2. The van der Waals surface area contributed by atoms with Gasteiger partial charge in [0, 0.05) is 6.07 Å². The smallest absolute Gasteiger partial charge is 0.235 e. The van der Waals surface area contributed by atoms with Gasteiger partial charge in [0.25, 0.3) is 0 Å². The highest BCUT2D eigenvalue weighted by molar-refractivity contribution is 8.01. The number of nitrogens with zero attached hydrogens (tertiary/aromatic N) is 3. The molecule has 0 fully saturated rings. The molecule has 5 nitrogen and oxygen atoms in total. The van der Waals surface area contributed by atoms with Crippen LogP contribution in [-0.4, -0.2) is 26.4 Å². The van der Waals surface area contributed by atoms with E-state index in [2.05, 4.69) is 15.4 Å². The lowest BCUT2D eigenvalue weighted by atomic mass is 10.2. The second kappa shape index (κ2) is 7.94. The number of carbonyl (C=O) groups is 1. The summed E-state index contributed by atoms with van der Waals surface area (Å²) in [6.07, 6.45) is 0. The maximum absolute atomic E-state index is 12.4. The number of hydrogen-bond acceptors (Lipinski definition) is 5. The molecule has 7 heteroatoms. The Bertz CT molecular complexity index is 1040. The summed E-state index contributed by atoms with van der Waals surface area (Å²) in [6, 6.07) is 20.0. The van der Waals surface area contributed by atoms with E-state index in [0.717, 1.165) is 25.8 Å². The number of thioether (sulfide) groups is 1. The Morgan fingerprint density at radius 3 is 2.74 bits per heavy atom. The predicted octanol–water partition coefficient (Wildman–Crippen LogP) is 4.58. The molecule has 0 aliphatic carbocycles. The summed E-state index contributed by atoms with van der Waals surface area (Å²) < 4.78 is 3.86. The van der Waals surface area contributed by atoms with E-state index in [9.17, 15) is 4.79 Å². The molecule has 2 aromatic carbocycles. The highest BCUT2D eigenvalue weighted by Gasteiger charge is 2.12. The van der Waals surface area contributed by atoms with E-state index in [1.807, 2.05) is 72.3 Å². The second-order valence-electron chi connectivity index (χ2n) is 6.10. The van der Waals surface area contributed by atoms with Crippen LogP contribution in [0.1, 0.15) is 11.3 Å². The van der Waals surface area contributed by atoms with Gasteiger partial charge in [-0.05, 0) is 24.6 Å². The average Bonchev–Trinajstić information content (AvgIpc) is 3.23. The van der Waals surface area contributed by atoms with E-state index in [0.29, 0.717) is 18.1 Å². The molecule has 4 aromatic rings. The minimum atomic E-state index is -0.0616. The number of hydrogen-bond donors (Lipinski definition) is 1. The molecule has 1 N–H and O–H groups in total. The first kappa shape index (κ1) is 17.8. The Morgan fingerprint density at radius 2 is 1.93 bits per heavy atom. The summed E-state index contributed by atoms with van der Waals surface area (Å²) in [5.41, 5.74) is 2.99. The van der Waals surface area contributed by atoms with Crippen LogP contribution in [0.4, 0.5) is 5.82 Å². The third-order valence-electron chi connectivity index (χ3n) is 3.95. The maximum atomic E-state index is 12.4. The molecular formula is C20H18N4OS2. The predicted molar refractivity (Wildman–Crippen MR) is 111 cm³/mol. The number of rotatable bonds is 6. The van der Waals surface area contributed by atoms with E-state index < -0.39 is 0 Å². The van der Waals surface area contributed by atoms with Crippen molar-refractivity contribution in [3.63, 3.8) is 0 Å². The van der Waals surface area contributed by atoms with Gasteiger partial charge in [-0.3, -0.25) is 4.79 Å². The quantitative estimate of drug-likeness (QED) is 0.486. The maximum Gasteiger partial charge on any atom is 0.235 e. The molecule has 136 valence electrons. The number of anilines is 1. The molecule has 0 unspecified atom stereocenters. The Hall–Kier alpha value is -2.64. The summed E-state index contributed by atoms with van der Waals surface area (Å²) in [7, 11) is 0. The summed E-state index contributed by atoms with van der Waals surface area (Å²) in [5, 5.41) is 7.46. The highest BCUT2D eigenvalue weighted by atomic mass is 32.2. The largest absolute Gasteiger partial charge is 0.310 e. The van der Waals surface area contributed by atoms with Gasteiger partial charge < -0.3 is 5.32 Å². The third kappa shape index (κ3) is 4.37. The van der Waals surface area contributed by atoms with Gasteiger partial charge in [-0.15, -0.1) is 11.3 Å². The second-order valence-corrected chi connectivity index (χ2v) is 8.35. The van der Waals surface area contributed by atoms with E-state index in [1.165, 1.54) is 11.8 Å². The molecule has 2 heterocycles. The van der Waals surface area contributed by atoms with Crippen molar-refractivity contribution in [3.8, 4) is 0 Å². The molecule has 1 amide bonds. The molecule has 0 radical (unpaired) electrons. The monoisotopic (exact) mass is 394 g/mol. The topological polar surface area (TPSA) is 59.8 Å². The number of thiazole rings is 1. The summed E-state index contributed by atoms with van der Waals surface area (Å²) in [5.74, 6) is 0.967. The van der Waals surface area contributed by atoms with Crippen LogP contribution in [0.5, 0.6) is 0 Å². The van der Waals surface area contributed by atoms with Crippen molar-refractivity contribution >= 4 is 45.0 Å². The van der Waals surface area contributed by atoms with Gasteiger partial charge in [-0.2, -0.15) is 5.10 Å². The lowest BCUT2D eigenvalue weighted by molar-refractivity contribution is -0.113. The van der Waals surface area contributed by atoms with Crippen LogP contribution in [-0.2, 0) is 11.3 Å². The molecule has 0 bridgehead atoms. The number of fused-ring (bicyclic) bond motifs is 1. The van der Waals surface area contributed by atoms with E-state index in [4.69, 9.17) is 0 Å². The zero-order valence-electron chi connectivity index (χ0n) is 14.8. The molecule has 0 saturated heterocycles. The Morgan fingerprint density at radius 1 is 1.15 bits per heavy atom. The zero-order chi connectivity index (χ0) is 18.6. The summed E-state index contributed by atoms with van der Waals surface area (Å²) in [4.78, 5) is 17.0. The van der Waals surface area contributed by atoms with Crippen LogP contribution >= 0.6 is 23.1 Å². The number of aromatic nitrogens is 3. The summed E-state index contributed by atoms with van der Waals surface area (Å²) >= 11 is 3.06. The Labute approximate surface area is 165 Å². The lowest BCUT2D eigenvalue weighted by Crippen LogP contribution is -2.17. The lowest BCUT2D eigenvalue weighted by Gasteiger charge is -2.08. The molecule has 2 aromatic heterocycles. The van der Waals surface area contributed by atoms with Crippen LogP contribution in [0.3, 0.4) is 0 Å². The van der Waals surface area contributed by atoms with Crippen LogP contribution in [0, 0.1) is 6.92 Å². The van der Waals surface area contributed by atoms with Gasteiger partial charge in [0.1, 0.15) is 5.82 Å². The minimum Gasteiger partial charge on any atom is -0.310 e. The number of aryl methyl sites for hydroxylation is 1. The molecule has 0 spiro atoms. The number of amides is 1. The Kier molecular flexibility index (Phi) is 5.22. The van der Waals surface area contributed by atoms with Crippen molar-refractivity contribution in [2.45, 2.75) is 17.8 Å². The van der Waals surface area contributed by atoms with Gasteiger partial charge in [-0.1, -0.05) is 54.2 Å². The SMILES string of the molecule is Cc1cc(NC(=O)CSc2nc3ccccc3s2)n(Cc2ccccc2)n1. The fourth-order valence-electron chi connectivity index (χ4n) is 2.74. The normalized spacial score (nSPS) is 11.0. The van der Waals surface area contributed by atoms with Crippen LogP contribution < -0.4 is 5.32 Å². The molecule has 0 aliphatic heterocycles. The van der Waals surface area contributed by atoms with Crippen LogP contribution in [0.25, 0.3) is 10.2 Å². The number of benzene rings is 2. The molecular weight excluding hydrogens is 376 g/mol. The van der Waals surface area contributed by atoms with Crippen molar-refractivity contribution in [1.82, 2.24) is 14.8 Å². The van der Waals surface area contributed by atoms with Crippen molar-refractivity contribution < 1.29 is 4.79 Å². The van der Waals surface area contributed by atoms with Crippen molar-refractivity contribution in [2.75, 3.05) is 11.1 Å².